The molecule has 0 N–H and O–H groups in total. The second-order valence-electron chi connectivity index (χ2n) is 6.79. The number of hydrogen-bond acceptors (Lipinski definition) is 4. The molecule has 1 atom stereocenters. The molecule has 5 nitrogen and oxygen atoms in total. The number of nitrogens with zero attached hydrogens (tertiary/aromatic N) is 1. The summed E-state index contributed by atoms with van der Waals surface area (Å²) in [5, 5.41) is 0. The molecule has 1 aromatic rings. The van der Waals surface area contributed by atoms with E-state index in [4.69, 9.17) is 14.2 Å². The van der Waals surface area contributed by atoms with Gasteiger partial charge in [0.15, 0.2) is 0 Å². The number of benzene rings is 1. The van der Waals surface area contributed by atoms with Gasteiger partial charge in [0.25, 0.3) is 5.91 Å². The van der Waals surface area contributed by atoms with Gasteiger partial charge in [-0.1, -0.05) is 0 Å². The third kappa shape index (κ3) is 3.85. The first-order chi connectivity index (χ1) is 11.1. The average Bonchev–Trinajstić information content (AvgIpc) is 3.06. The fourth-order valence-electron chi connectivity index (χ4n) is 3.05. The Balaban J connectivity index is 1.60. The van der Waals surface area contributed by atoms with Crippen LogP contribution in [0.3, 0.4) is 0 Å². The Kier molecular flexibility index (Phi) is 4.87. The molecule has 5 heteroatoms. The zero-order valence-corrected chi connectivity index (χ0v) is 13.9. The Morgan fingerprint density at radius 2 is 2.09 bits per heavy atom. The normalized spacial score (nSPS) is 23.7. The summed E-state index contributed by atoms with van der Waals surface area (Å²) in [7, 11) is 0. The predicted molar refractivity (Wildman–Crippen MR) is 86.8 cm³/mol. The van der Waals surface area contributed by atoms with Crippen molar-refractivity contribution < 1.29 is 19.0 Å². The highest BCUT2D eigenvalue weighted by Gasteiger charge is 2.34. The van der Waals surface area contributed by atoms with Crippen molar-refractivity contribution in [1.29, 1.82) is 0 Å². The Labute approximate surface area is 137 Å². The number of carbonyl (C=O) groups excluding carboxylic acids is 1. The maximum Gasteiger partial charge on any atom is 0.254 e. The summed E-state index contributed by atoms with van der Waals surface area (Å²) in [6, 6.07) is 7.38. The molecule has 3 rings (SSSR count). The van der Waals surface area contributed by atoms with Crippen LogP contribution in [0.4, 0.5) is 0 Å². The molecular formula is C18H25NO4. The van der Waals surface area contributed by atoms with Gasteiger partial charge in [-0.05, 0) is 51.0 Å². The Bertz CT molecular complexity index is 534. The monoisotopic (exact) mass is 319 g/mol. The number of morpholine rings is 1. The molecule has 2 heterocycles. The molecule has 0 aliphatic carbocycles. The number of hydrogen-bond donors (Lipinski definition) is 0. The molecular weight excluding hydrogens is 294 g/mol. The quantitative estimate of drug-likeness (QED) is 0.855. The maximum absolute atomic E-state index is 12.7. The van der Waals surface area contributed by atoms with E-state index in [0.717, 1.165) is 25.2 Å². The molecule has 2 saturated heterocycles. The Morgan fingerprint density at radius 3 is 2.74 bits per heavy atom. The molecule has 2 aliphatic rings. The van der Waals surface area contributed by atoms with Gasteiger partial charge >= 0.3 is 0 Å². The van der Waals surface area contributed by atoms with E-state index >= 15 is 0 Å². The van der Waals surface area contributed by atoms with Crippen molar-refractivity contribution in [2.45, 2.75) is 38.3 Å². The van der Waals surface area contributed by atoms with Crippen LogP contribution in [-0.2, 0) is 9.47 Å². The summed E-state index contributed by atoms with van der Waals surface area (Å²) >= 11 is 0. The molecule has 0 saturated carbocycles. The van der Waals surface area contributed by atoms with Gasteiger partial charge in [0, 0.05) is 18.7 Å². The molecule has 0 unspecified atom stereocenters. The average molecular weight is 319 g/mol. The number of ether oxygens (including phenoxy) is 3. The Hall–Kier alpha value is -1.59. The van der Waals surface area contributed by atoms with Crippen LogP contribution in [0.15, 0.2) is 24.3 Å². The lowest BCUT2D eigenvalue weighted by Crippen LogP contribution is -2.55. The van der Waals surface area contributed by atoms with E-state index in [9.17, 15) is 4.79 Å². The van der Waals surface area contributed by atoms with Crippen LogP contribution in [0.25, 0.3) is 0 Å². The number of carbonyl (C=O) groups is 1. The van der Waals surface area contributed by atoms with Crippen molar-refractivity contribution >= 4 is 5.91 Å². The van der Waals surface area contributed by atoms with Crippen LogP contribution in [0.2, 0.25) is 0 Å². The van der Waals surface area contributed by atoms with E-state index in [1.807, 2.05) is 43.0 Å². The zero-order chi connectivity index (χ0) is 16.3. The fraction of sp³-hybridized carbons (Fsp3) is 0.611. The van der Waals surface area contributed by atoms with Crippen LogP contribution in [0, 0.1) is 0 Å². The largest absolute Gasteiger partial charge is 0.491 e. The minimum atomic E-state index is -0.273. The molecule has 1 amide bonds. The smallest absolute Gasteiger partial charge is 0.254 e. The van der Waals surface area contributed by atoms with Crippen molar-refractivity contribution in [3.05, 3.63) is 29.8 Å². The van der Waals surface area contributed by atoms with Gasteiger partial charge in [-0.15, -0.1) is 0 Å². The summed E-state index contributed by atoms with van der Waals surface area (Å²) in [5.74, 6) is 0.822. The highest BCUT2D eigenvalue weighted by Crippen LogP contribution is 2.23. The van der Waals surface area contributed by atoms with E-state index in [1.54, 1.807) is 0 Å². The molecule has 1 aromatic carbocycles. The minimum absolute atomic E-state index is 0.0453. The lowest BCUT2D eigenvalue weighted by Gasteiger charge is -2.42. The Morgan fingerprint density at radius 1 is 1.30 bits per heavy atom. The lowest BCUT2D eigenvalue weighted by molar-refractivity contribution is -0.0370. The van der Waals surface area contributed by atoms with Crippen LogP contribution in [-0.4, -0.2) is 55.4 Å². The van der Waals surface area contributed by atoms with Gasteiger partial charge in [-0.2, -0.15) is 0 Å². The third-order valence-electron chi connectivity index (χ3n) is 4.45. The zero-order valence-electron chi connectivity index (χ0n) is 13.9. The molecule has 0 aromatic heterocycles. The highest BCUT2D eigenvalue weighted by atomic mass is 16.5. The van der Waals surface area contributed by atoms with Gasteiger partial charge in [-0.25, -0.2) is 0 Å². The van der Waals surface area contributed by atoms with Gasteiger partial charge in [-0.3, -0.25) is 4.79 Å². The van der Waals surface area contributed by atoms with Crippen molar-refractivity contribution in [1.82, 2.24) is 4.90 Å². The van der Waals surface area contributed by atoms with Crippen LogP contribution < -0.4 is 4.74 Å². The molecule has 2 aliphatic heterocycles. The van der Waals surface area contributed by atoms with Gasteiger partial charge in [0.1, 0.15) is 12.4 Å². The van der Waals surface area contributed by atoms with Gasteiger partial charge in [0.2, 0.25) is 0 Å². The topological polar surface area (TPSA) is 48.0 Å². The second kappa shape index (κ2) is 6.89. The molecule has 0 radical (unpaired) electrons. The third-order valence-corrected chi connectivity index (χ3v) is 4.45. The first-order valence-electron chi connectivity index (χ1n) is 8.30. The summed E-state index contributed by atoms with van der Waals surface area (Å²) in [4.78, 5) is 14.6. The standard InChI is InChI=1S/C18H25NO4/c1-18(2)13-21-11-9-19(18)17(20)14-5-7-15(8-6-14)23-12-16-4-3-10-22-16/h5-8,16H,3-4,9-13H2,1-2H3/t16-/m0/s1. The summed E-state index contributed by atoms with van der Waals surface area (Å²) in [5.41, 5.74) is 0.411. The highest BCUT2D eigenvalue weighted by molar-refractivity contribution is 5.94. The van der Waals surface area contributed by atoms with E-state index < -0.39 is 0 Å². The van der Waals surface area contributed by atoms with Crippen molar-refractivity contribution in [3.8, 4) is 5.75 Å². The molecule has 23 heavy (non-hydrogen) atoms. The second-order valence-corrected chi connectivity index (χ2v) is 6.79. The molecule has 2 fully saturated rings. The number of amides is 1. The first kappa shape index (κ1) is 16.3. The lowest BCUT2D eigenvalue weighted by atomic mass is 10.0. The van der Waals surface area contributed by atoms with Crippen molar-refractivity contribution in [2.75, 3.05) is 33.0 Å². The van der Waals surface area contributed by atoms with Crippen molar-refractivity contribution in [2.24, 2.45) is 0 Å². The molecule has 126 valence electrons. The molecule has 0 spiro atoms. The van der Waals surface area contributed by atoms with Gasteiger partial charge < -0.3 is 19.1 Å². The fourth-order valence-corrected chi connectivity index (χ4v) is 3.05. The summed E-state index contributed by atoms with van der Waals surface area (Å²) < 4.78 is 16.8. The predicted octanol–water partition coefficient (Wildman–Crippen LogP) is 2.50. The van der Waals surface area contributed by atoms with Crippen molar-refractivity contribution in [3.63, 3.8) is 0 Å². The minimum Gasteiger partial charge on any atom is -0.491 e. The summed E-state index contributed by atoms with van der Waals surface area (Å²) in [6.07, 6.45) is 2.37. The first-order valence-corrected chi connectivity index (χ1v) is 8.30. The summed E-state index contributed by atoms with van der Waals surface area (Å²) in [6.45, 7) is 7.26. The van der Waals surface area contributed by atoms with E-state index in [0.29, 0.717) is 31.9 Å². The van der Waals surface area contributed by atoms with E-state index in [-0.39, 0.29) is 17.6 Å². The maximum atomic E-state index is 12.7. The van der Waals surface area contributed by atoms with Crippen LogP contribution in [0.1, 0.15) is 37.0 Å². The SMILES string of the molecule is CC1(C)COCCN1C(=O)c1ccc(OC[C@@H]2CCCO2)cc1. The van der Waals surface area contributed by atoms with Crippen LogP contribution >= 0.6 is 0 Å². The van der Waals surface area contributed by atoms with E-state index in [1.165, 1.54) is 0 Å². The molecule has 0 bridgehead atoms. The van der Waals surface area contributed by atoms with Gasteiger partial charge in [0.05, 0.1) is 24.9 Å². The van der Waals surface area contributed by atoms with Crippen LogP contribution in [0.5, 0.6) is 5.75 Å². The van der Waals surface area contributed by atoms with E-state index in [2.05, 4.69) is 0 Å². The number of rotatable bonds is 4.